The van der Waals surface area contributed by atoms with Crippen molar-refractivity contribution in [3.8, 4) is 5.69 Å². The molecule has 0 spiro atoms. The molecule has 0 aliphatic carbocycles. The lowest BCUT2D eigenvalue weighted by Crippen LogP contribution is -2.30. The average Bonchev–Trinajstić information content (AvgIpc) is 3.59. The summed E-state index contributed by atoms with van der Waals surface area (Å²) in [6.45, 7) is 1.74. The molecule has 1 N–H and O–H groups in total. The highest BCUT2D eigenvalue weighted by atomic mass is 19.4. The SMILES string of the molecule is Cc1[nH]nc2c1C(c1ccc(-n3cc(C(F)(F)F)cn3)cc1F)N(c1ccn3ccnc3c1)C2=O. The number of aromatic nitrogens is 6. The summed E-state index contributed by atoms with van der Waals surface area (Å²) < 4.78 is 57.1. The number of H-pyrrole nitrogens is 1. The van der Waals surface area contributed by atoms with Gasteiger partial charge in [0.2, 0.25) is 0 Å². The van der Waals surface area contributed by atoms with E-state index < -0.39 is 29.5 Å². The first kappa shape index (κ1) is 21.1. The second-order valence-electron chi connectivity index (χ2n) is 8.14. The van der Waals surface area contributed by atoms with Crippen molar-refractivity contribution in [3.05, 3.63) is 95.2 Å². The molecular weight excluding hydrogens is 466 g/mol. The van der Waals surface area contributed by atoms with Crippen molar-refractivity contribution < 1.29 is 22.4 Å². The van der Waals surface area contributed by atoms with E-state index in [1.54, 1.807) is 42.0 Å². The van der Waals surface area contributed by atoms with Crippen molar-refractivity contribution in [1.29, 1.82) is 0 Å². The molecular formula is C23H15F4N7O. The van der Waals surface area contributed by atoms with Crippen LogP contribution in [0.25, 0.3) is 11.3 Å². The average molecular weight is 481 g/mol. The second kappa shape index (κ2) is 7.26. The maximum Gasteiger partial charge on any atom is 0.419 e. The van der Waals surface area contributed by atoms with Gasteiger partial charge in [-0.3, -0.25) is 14.8 Å². The van der Waals surface area contributed by atoms with E-state index in [4.69, 9.17) is 0 Å². The highest BCUT2D eigenvalue weighted by Crippen LogP contribution is 2.43. The van der Waals surface area contributed by atoms with Crippen LogP contribution in [0.3, 0.4) is 0 Å². The number of rotatable bonds is 3. The van der Waals surface area contributed by atoms with Gasteiger partial charge in [-0.25, -0.2) is 14.1 Å². The van der Waals surface area contributed by atoms with E-state index in [9.17, 15) is 18.0 Å². The number of aryl methyl sites for hydroxylation is 1. The molecule has 0 radical (unpaired) electrons. The molecule has 0 saturated heterocycles. The fourth-order valence-corrected chi connectivity index (χ4v) is 4.40. The van der Waals surface area contributed by atoms with Crippen LogP contribution in [0.4, 0.5) is 23.2 Å². The van der Waals surface area contributed by atoms with Gasteiger partial charge in [-0.1, -0.05) is 6.07 Å². The molecule has 176 valence electrons. The maximum atomic E-state index is 15.5. The third kappa shape index (κ3) is 3.21. The molecule has 4 aromatic heterocycles. The molecule has 1 amide bonds. The summed E-state index contributed by atoms with van der Waals surface area (Å²) in [7, 11) is 0. The Hall–Kier alpha value is -4.48. The topological polar surface area (TPSA) is 84.1 Å². The van der Waals surface area contributed by atoms with Gasteiger partial charge in [0.05, 0.1) is 29.2 Å². The number of fused-ring (bicyclic) bond motifs is 2. The van der Waals surface area contributed by atoms with E-state index in [1.165, 1.54) is 17.0 Å². The van der Waals surface area contributed by atoms with Gasteiger partial charge in [0.15, 0.2) is 5.69 Å². The molecule has 1 unspecified atom stereocenters. The van der Waals surface area contributed by atoms with Crippen molar-refractivity contribution in [2.75, 3.05) is 4.90 Å². The predicted octanol–water partition coefficient (Wildman–Crippen LogP) is 4.46. The Labute approximate surface area is 194 Å². The molecule has 1 aliphatic heterocycles. The van der Waals surface area contributed by atoms with Gasteiger partial charge < -0.3 is 4.40 Å². The summed E-state index contributed by atoms with van der Waals surface area (Å²) in [4.78, 5) is 19.0. The zero-order valence-electron chi connectivity index (χ0n) is 18.0. The van der Waals surface area contributed by atoms with Gasteiger partial charge >= 0.3 is 6.18 Å². The van der Waals surface area contributed by atoms with Crippen LogP contribution in [-0.2, 0) is 6.18 Å². The minimum atomic E-state index is -4.56. The minimum absolute atomic E-state index is 0.112. The summed E-state index contributed by atoms with van der Waals surface area (Å²) in [5, 5.41) is 10.6. The van der Waals surface area contributed by atoms with Crippen molar-refractivity contribution in [2.24, 2.45) is 0 Å². The van der Waals surface area contributed by atoms with Crippen LogP contribution in [0.1, 0.15) is 38.9 Å². The van der Waals surface area contributed by atoms with E-state index in [1.807, 2.05) is 0 Å². The molecule has 35 heavy (non-hydrogen) atoms. The van der Waals surface area contributed by atoms with Gasteiger partial charge in [-0.2, -0.15) is 23.4 Å². The molecule has 8 nitrogen and oxygen atoms in total. The van der Waals surface area contributed by atoms with Crippen LogP contribution < -0.4 is 4.90 Å². The van der Waals surface area contributed by atoms with E-state index >= 15 is 4.39 Å². The first-order valence-corrected chi connectivity index (χ1v) is 10.4. The molecule has 1 atom stereocenters. The predicted molar refractivity (Wildman–Crippen MR) is 116 cm³/mol. The highest BCUT2D eigenvalue weighted by Gasteiger charge is 2.43. The fraction of sp³-hybridized carbons (Fsp3) is 0.130. The normalized spacial score (nSPS) is 15.9. The Morgan fingerprint density at radius 3 is 2.66 bits per heavy atom. The van der Waals surface area contributed by atoms with Crippen LogP contribution in [0.15, 0.2) is 61.3 Å². The number of imidazole rings is 1. The van der Waals surface area contributed by atoms with Crippen LogP contribution in [0.2, 0.25) is 0 Å². The van der Waals surface area contributed by atoms with Crippen LogP contribution in [-0.4, -0.2) is 35.3 Å². The standard InChI is InChI=1S/C23H15F4N7O/c1-12-19-20(31-30-12)22(35)34(15-4-6-32-7-5-28-18(32)9-15)21(19)16-3-2-14(8-17(16)24)33-11-13(10-29-33)23(25,26)27/h2-11,21H,1H3,(H,30,31). The summed E-state index contributed by atoms with van der Waals surface area (Å²) in [5.74, 6) is -1.11. The summed E-state index contributed by atoms with van der Waals surface area (Å²) in [6.07, 6.45) is 2.03. The number of carbonyl (C=O) groups excluding carboxylic acids is 1. The van der Waals surface area contributed by atoms with Crippen LogP contribution in [0, 0.1) is 12.7 Å². The molecule has 1 aliphatic rings. The lowest BCUT2D eigenvalue weighted by atomic mass is 9.98. The summed E-state index contributed by atoms with van der Waals surface area (Å²) in [6, 6.07) is 6.59. The molecule has 5 aromatic rings. The maximum absolute atomic E-state index is 15.5. The number of benzene rings is 1. The van der Waals surface area contributed by atoms with Gasteiger partial charge in [-0.05, 0) is 25.1 Å². The number of pyridine rings is 1. The van der Waals surface area contributed by atoms with Gasteiger partial charge in [0.1, 0.15) is 11.5 Å². The Balaban J connectivity index is 1.46. The number of hydrogen-bond donors (Lipinski definition) is 1. The molecule has 0 saturated carbocycles. The number of alkyl halides is 3. The van der Waals surface area contributed by atoms with Crippen molar-refractivity contribution in [1.82, 2.24) is 29.4 Å². The van der Waals surface area contributed by atoms with Crippen molar-refractivity contribution >= 4 is 17.2 Å². The lowest BCUT2D eigenvalue weighted by molar-refractivity contribution is -0.137. The van der Waals surface area contributed by atoms with Crippen molar-refractivity contribution in [3.63, 3.8) is 0 Å². The lowest BCUT2D eigenvalue weighted by Gasteiger charge is -2.27. The number of halogens is 4. The fourth-order valence-electron chi connectivity index (χ4n) is 4.40. The van der Waals surface area contributed by atoms with Crippen molar-refractivity contribution in [2.45, 2.75) is 19.1 Å². The third-order valence-electron chi connectivity index (χ3n) is 6.06. The minimum Gasteiger partial charge on any atom is -0.307 e. The number of anilines is 1. The molecule has 0 bridgehead atoms. The number of amides is 1. The monoisotopic (exact) mass is 481 g/mol. The molecule has 12 heteroatoms. The van der Waals surface area contributed by atoms with Crippen LogP contribution >= 0.6 is 0 Å². The van der Waals surface area contributed by atoms with E-state index in [-0.39, 0.29) is 16.9 Å². The molecule has 6 rings (SSSR count). The number of aromatic amines is 1. The smallest absolute Gasteiger partial charge is 0.307 e. The quantitative estimate of drug-likeness (QED) is 0.386. The molecule has 0 fully saturated rings. The molecule has 1 aromatic carbocycles. The van der Waals surface area contributed by atoms with Gasteiger partial charge in [-0.15, -0.1) is 0 Å². The van der Waals surface area contributed by atoms with Crippen LogP contribution in [0.5, 0.6) is 0 Å². The zero-order chi connectivity index (χ0) is 24.5. The van der Waals surface area contributed by atoms with Gasteiger partial charge in [0, 0.05) is 47.7 Å². The Kier molecular flexibility index (Phi) is 4.37. The number of carbonyl (C=O) groups is 1. The number of nitrogens with one attached hydrogen (secondary N) is 1. The molecule has 5 heterocycles. The number of nitrogens with zero attached hydrogens (tertiary/aromatic N) is 6. The highest BCUT2D eigenvalue weighted by molar-refractivity contribution is 6.10. The zero-order valence-corrected chi connectivity index (χ0v) is 18.0. The van der Waals surface area contributed by atoms with E-state index in [0.29, 0.717) is 28.8 Å². The Morgan fingerprint density at radius 1 is 1.09 bits per heavy atom. The van der Waals surface area contributed by atoms with Gasteiger partial charge in [0.25, 0.3) is 5.91 Å². The first-order valence-electron chi connectivity index (χ1n) is 10.4. The first-order chi connectivity index (χ1) is 16.7. The number of hydrogen-bond acceptors (Lipinski definition) is 4. The Bertz CT molecular complexity index is 1610. The largest absolute Gasteiger partial charge is 0.419 e. The Morgan fingerprint density at radius 2 is 1.91 bits per heavy atom. The second-order valence-corrected chi connectivity index (χ2v) is 8.14. The summed E-state index contributed by atoms with van der Waals surface area (Å²) >= 11 is 0. The third-order valence-corrected chi connectivity index (χ3v) is 6.06. The van der Waals surface area contributed by atoms with E-state index in [2.05, 4.69) is 20.3 Å². The summed E-state index contributed by atoms with van der Waals surface area (Å²) in [5.41, 5.74) is 1.76. The van der Waals surface area contributed by atoms with E-state index in [0.717, 1.165) is 16.9 Å².